The molecule has 3 rings (SSSR count). The largest absolute Gasteiger partial charge is 0.271 e. The second-order valence-electron chi connectivity index (χ2n) is 5.52. The predicted molar refractivity (Wildman–Crippen MR) is 72.9 cm³/mol. The van der Waals surface area contributed by atoms with Crippen LogP contribution in [0.5, 0.6) is 0 Å². The minimum atomic E-state index is -2.62. The molecule has 0 saturated heterocycles. The zero-order valence-corrected chi connectivity index (χ0v) is 11.9. The second-order valence-corrected chi connectivity index (χ2v) is 5.87. The normalized spacial score (nSPS) is 22.8. The van der Waals surface area contributed by atoms with E-state index in [0.717, 1.165) is 0 Å². The summed E-state index contributed by atoms with van der Waals surface area (Å²) < 4.78 is 28.0. The van der Waals surface area contributed by atoms with Crippen molar-refractivity contribution in [1.29, 1.82) is 5.26 Å². The molecule has 1 aliphatic rings. The maximum Gasteiger partial charge on any atom is 0.256 e. The molecule has 1 saturated carbocycles. The first-order valence-corrected chi connectivity index (χ1v) is 6.70. The quantitative estimate of drug-likeness (QED) is 0.815. The van der Waals surface area contributed by atoms with Crippen molar-refractivity contribution in [3.63, 3.8) is 0 Å². The van der Waals surface area contributed by atoms with Crippen LogP contribution < -0.4 is 0 Å². The standard InChI is InChI=1S/C14H11ClF2N4/c1-13(7-14(13,16)17)8-21-6-9(5-19-21)11-3-2-10(4-18)20-12(11)15/h2-3,5-6H,7-8H2,1H3. The molecule has 1 atom stereocenters. The zero-order valence-electron chi connectivity index (χ0n) is 11.1. The topological polar surface area (TPSA) is 54.5 Å². The Bertz CT molecular complexity index is 750. The van der Waals surface area contributed by atoms with Gasteiger partial charge in [-0.15, -0.1) is 0 Å². The average Bonchev–Trinajstić information content (AvgIpc) is 2.76. The van der Waals surface area contributed by atoms with Gasteiger partial charge in [0.1, 0.15) is 16.9 Å². The molecule has 2 heterocycles. The molecule has 0 spiro atoms. The summed E-state index contributed by atoms with van der Waals surface area (Å²) in [6.07, 6.45) is 3.10. The molecule has 0 amide bonds. The van der Waals surface area contributed by atoms with E-state index in [2.05, 4.69) is 10.1 Å². The summed E-state index contributed by atoms with van der Waals surface area (Å²) in [5, 5.41) is 13.0. The maximum absolute atomic E-state index is 13.2. The van der Waals surface area contributed by atoms with Crippen LogP contribution in [-0.4, -0.2) is 20.7 Å². The van der Waals surface area contributed by atoms with Gasteiger partial charge in [-0.05, 0) is 12.1 Å². The first kappa shape index (κ1) is 14.0. The van der Waals surface area contributed by atoms with Gasteiger partial charge < -0.3 is 0 Å². The summed E-state index contributed by atoms with van der Waals surface area (Å²) in [4.78, 5) is 3.93. The van der Waals surface area contributed by atoms with E-state index < -0.39 is 11.3 Å². The van der Waals surface area contributed by atoms with Crippen molar-refractivity contribution in [3.8, 4) is 17.2 Å². The van der Waals surface area contributed by atoms with Gasteiger partial charge in [0.2, 0.25) is 0 Å². The summed E-state index contributed by atoms with van der Waals surface area (Å²) >= 11 is 6.02. The Kier molecular flexibility index (Phi) is 2.99. The van der Waals surface area contributed by atoms with Crippen LogP contribution in [0.25, 0.3) is 11.1 Å². The average molecular weight is 309 g/mol. The lowest BCUT2D eigenvalue weighted by molar-refractivity contribution is 0.0623. The molecule has 1 fully saturated rings. The Morgan fingerprint density at radius 3 is 2.76 bits per heavy atom. The predicted octanol–water partition coefficient (Wildman–Crippen LogP) is 3.52. The number of nitriles is 1. The van der Waals surface area contributed by atoms with Crippen molar-refractivity contribution >= 4 is 11.6 Å². The number of rotatable bonds is 3. The molecule has 0 aliphatic heterocycles. The lowest BCUT2D eigenvalue weighted by Gasteiger charge is -2.09. The highest BCUT2D eigenvalue weighted by Crippen LogP contribution is 2.61. The highest BCUT2D eigenvalue weighted by Gasteiger charge is 2.67. The lowest BCUT2D eigenvalue weighted by atomic mass is 10.1. The number of hydrogen-bond acceptors (Lipinski definition) is 3. The summed E-state index contributed by atoms with van der Waals surface area (Å²) in [5.41, 5.74) is 0.503. The Hall–Kier alpha value is -2.00. The van der Waals surface area contributed by atoms with Crippen molar-refractivity contribution in [3.05, 3.63) is 35.4 Å². The molecule has 2 aromatic rings. The lowest BCUT2D eigenvalue weighted by Crippen LogP contribution is -2.15. The molecular weight excluding hydrogens is 298 g/mol. The third-order valence-corrected chi connectivity index (χ3v) is 4.08. The molecule has 0 N–H and O–H groups in total. The van der Waals surface area contributed by atoms with Crippen LogP contribution in [0.2, 0.25) is 5.15 Å². The van der Waals surface area contributed by atoms with E-state index in [1.54, 1.807) is 31.5 Å². The van der Waals surface area contributed by atoms with Gasteiger partial charge in [0.15, 0.2) is 0 Å². The zero-order chi connectivity index (χ0) is 15.3. The second kappa shape index (κ2) is 4.50. The van der Waals surface area contributed by atoms with E-state index >= 15 is 0 Å². The molecule has 0 radical (unpaired) electrons. The number of hydrogen-bond donors (Lipinski definition) is 0. The van der Waals surface area contributed by atoms with E-state index in [1.165, 1.54) is 4.68 Å². The number of aromatic nitrogens is 3. The minimum Gasteiger partial charge on any atom is -0.271 e. The third-order valence-electron chi connectivity index (χ3n) is 3.79. The molecule has 4 nitrogen and oxygen atoms in total. The van der Waals surface area contributed by atoms with Crippen LogP contribution in [-0.2, 0) is 6.54 Å². The summed E-state index contributed by atoms with van der Waals surface area (Å²) in [6.45, 7) is 1.70. The van der Waals surface area contributed by atoms with E-state index in [0.29, 0.717) is 11.1 Å². The van der Waals surface area contributed by atoms with E-state index in [9.17, 15) is 8.78 Å². The molecular formula is C14H11ClF2N4. The molecule has 0 bridgehead atoms. The number of nitrogens with zero attached hydrogens (tertiary/aromatic N) is 4. The van der Waals surface area contributed by atoms with Gasteiger partial charge in [0, 0.05) is 23.7 Å². The fourth-order valence-corrected chi connectivity index (χ4v) is 2.54. The van der Waals surface area contributed by atoms with Crippen molar-refractivity contribution < 1.29 is 8.78 Å². The van der Waals surface area contributed by atoms with Gasteiger partial charge in [-0.25, -0.2) is 13.8 Å². The molecule has 0 aromatic carbocycles. The van der Waals surface area contributed by atoms with Crippen LogP contribution in [0.15, 0.2) is 24.5 Å². The van der Waals surface area contributed by atoms with Gasteiger partial charge in [0.25, 0.3) is 5.92 Å². The van der Waals surface area contributed by atoms with Crippen molar-refractivity contribution in [1.82, 2.24) is 14.8 Å². The molecule has 7 heteroatoms. The monoisotopic (exact) mass is 308 g/mol. The molecule has 21 heavy (non-hydrogen) atoms. The Balaban J connectivity index is 1.84. The van der Waals surface area contributed by atoms with Gasteiger partial charge in [-0.2, -0.15) is 10.4 Å². The van der Waals surface area contributed by atoms with Crippen LogP contribution >= 0.6 is 11.6 Å². The summed E-state index contributed by atoms with van der Waals surface area (Å²) in [7, 11) is 0. The van der Waals surface area contributed by atoms with E-state index in [-0.39, 0.29) is 23.8 Å². The van der Waals surface area contributed by atoms with Crippen LogP contribution in [0.3, 0.4) is 0 Å². The first-order chi connectivity index (χ1) is 9.84. The summed E-state index contributed by atoms with van der Waals surface area (Å²) in [6, 6.07) is 5.12. The minimum absolute atomic E-state index is 0.117. The van der Waals surface area contributed by atoms with Crippen LogP contribution in [0.4, 0.5) is 8.78 Å². The van der Waals surface area contributed by atoms with E-state index in [1.807, 2.05) is 6.07 Å². The summed E-state index contributed by atoms with van der Waals surface area (Å²) in [5.74, 6) is -2.62. The smallest absolute Gasteiger partial charge is 0.256 e. The molecule has 1 aliphatic carbocycles. The Morgan fingerprint density at radius 1 is 1.48 bits per heavy atom. The number of halogens is 3. The van der Waals surface area contributed by atoms with Crippen molar-refractivity contribution in [2.24, 2.45) is 5.41 Å². The molecule has 2 aromatic heterocycles. The third kappa shape index (κ3) is 2.38. The fourth-order valence-electron chi connectivity index (χ4n) is 2.28. The van der Waals surface area contributed by atoms with Crippen LogP contribution in [0, 0.1) is 16.7 Å². The first-order valence-electron chi connectivity index (χ1n) is 6.32. The van der Waals surface area contributed by atoms with Gasteiger partial charge >= 0.3 is 0 Å². The maximum atomic E-state index is 13.2. The molecule has 108 valence electrons. The van der Waals surface area contributed by atoms with Gasteiger partial charge in [0.05, 0.1) is 18.2 Å². The highest BCUT2D eigenvalue weighted by molar-refractivity contribution is 6.32. The van der Waals surface area contributed by atoms with Gasteiger partial charge in [-0.3, -0.25) is 4.68 Å². The number of alkyl halides is 2. The Labute approximate surface area is 125 Å². The SMILES string of the molecule is CC1(Cn2cc(-c3ccc(C#N)nc3Cl)cn2)CC1(F)F. The van der Waals surface area contributed by atoms with Crippen molar-refractivity contribution in [2.45, 2.75) is 25.8 Å². The Morgan fingerprint density at radius 2 is 2.19 bits per heavy atom. The fraction of sp³-hybridized carbons (Fsp3) is 0.357. The van der Waals surface area contributed by atoms with Crippen molar-refractivity contribution in [2.75, 3.05) is 0 Å². The molecule has 1 unspecified atom stereocenters. The van der Waals surface area contributed by atoms with E-state index in [4.69, 9.17) is 16.9 Å². The van der Waals surface area contributed by atoms with Gasteiger partial charge in [-0.1, -0.05) is 18.5 Å². The highest BCUT2D eigenvalue weighted by atomic mass is 35.5. The number of pyridine rings is 1. The van der Waals surface area contributed by atoms with Crippen LogP contribution in [0.1, 0.15) is 19.0 Å².